The minimum Gasteiger partial charge on any atom is -0.375 e. The van der Waals surface area contributed by atoms with Gasteiger partial charge in [0, 0.05) is 11.6 Å². The topological polar surface area (TPSA) is 69.1 Å². The maximum Gasteiger partial charge on any atom is 0.417 e. The van der Waals surface area contributed by atoms with Gasteiger partial charge in [-0.25, -0.2) is 4.98 Å². The molecule has 0 fully saturated rings. The van der Waals surface area contributed by atoms with Crippen molar-refractivity contribution in [2.75, 3.05) is 5.73 Å². The van der Waals surface area contributed by atoms with Crippen molar-refractivity contribution in [3.63, 3.8) is 0 Å². The molecule has 0 aliphatic heterocycles. The zero-order chi connectivity index (χ0) is 13.6. The normalized spacial score (nSPS) is 12.2. The fourth-order valence-electron chi connectivity index (χ4n) is 1.62. The summed E-state index contributed by atoms with van der Waals surface area (Å²) in [6.45, 7) is 0. The van der Waals surface area contributed by atoms with Crippen LogP contribution < -0.4 is 5.73 Å². The fourth-order valence-corrected chi connectivity index (χ4v) is 2.16. The van der Waals surface area contributed by atoms with Gasteiger partial charge in [0.05, 0.1) is 5.56 Å². The summed E-state index contributed by atoms with van der Waals surface area (Å²) in [5.74, 6) is 0.231. The van der Waals surface area contributed by atoms with Gasteiger partial charge in [0.1, 0.15) is 5.69 Å². The lowest BCUT2D eigenvalue weighted by atomic mass is 10.3. The Labute approximate surface area is 108 Å². The number of anilines is 1. The molecule has 3 aromatic heterocycles. The molecule has 0 aliphatic rings. The van der Waals surface area contributed by atoms with Crippen molar-refractivity contribution in [3.05, 3.63) is 29.3 Å². The highest BCUT2D eigenvalue weighted by Gasteiger charge is 2.31. The second-order valence-corrected chi connectivity index (χ2v) is 4.63. The van der Waals surface area contributed by atoms with Gasteiger partial charge in [-0.2, -0.15) is 13.2 Å². The predicted molar refractivity (Wildman–Crippen MR) is 63.5 cm³/mol. The maximum absolute atomic E-state index is 12.7. The Morgan fingerprint density at radius 1 is 1.21 bits per heavy atom. The van der Waals surface area contributed by atoms with Crippen LogP contribution in [0.3, 0.4) is 0 Å². The SMILES string of the molecule is Nc1nc(-c2nnc3ccc(C(F)(F)F)cn23)cs1. The van der Waals surface area contributed by atoms with Gasteiger partial charge in [0.15, 0.2) is 16.6 Å². The van der Waals surface area contributed by atoms with Crippen LogP contribution in [0.1, 0.15) is 5.56 Å². The first-order chi connectivity index (χ1) is 8.95. The maximum atomic E-state index is 12.7. The number of thiazole rings is 1. The molecule has 9 heteroatoms. The molecular formula is C10H6F3N5S. The molecule has 3 heterocycles. The Bertz CT molecular complexity index is 745. The number of pyridine rings is 1. The van der Waals surface area contributed by atoms with E-state index in [0.717, 1.165) is 12.3 Å². The standard InChI is InChI=1S/C10H6F3N5S/c11-10(12,13)5-1-2-7-16-17-8(18(7)3-5)6-4-19-9(14)15-6/h1-4H,(H2,14,15). The van der Waals surface area contributed by atoms with Crippen LogP contribution in [0.5, 0.6) is 0 Å². The van der Waals surface area contributed by atoms with Crippen molar-refractivity contribution in [1.29, 1.82) is 0 Å². The smallest absolute Gasteiger partial charge is 0.375 e. The van der Waals surface area contributed by atoms with E-state index in [1.165, 1.54) is 21.8 Å². The predicted octanol–water partition coefficient (Wildman–Crippen LogP) is 2.45. The number of hydrogen-bond acceptors (Lipinski definition) is 5. The van der Waals surface area contributed by atoms with Crippen LogP contribution in [0, 0.1) is 0 Å². The Hall–Kier alpha value is -2.16. The van der Waals surface area contributed by atoms with Crippen LogP contribution in [-0.2, 0) is 6.18 Å². The average molecular weight is 285 g/mol. The number of aromatic nitrogens is 4. The summed E-state index contributed by atoms with van der Waals surface area (Å²) in [5.41, 5.74) is 5.44. The van der Waals surface area contributed by atoms with Crippen molar-refractivity contribution in [3.8, 4) is 11.5 Å². The number of nitrogens with zero attached hydrogens (tertiary/aromatic N) is 4. The number of fused-ring (bicyclic) bond motifs is 1. The average Bonchev–Trinajstić information content (AvgIpc) is 2.92. The number of rotatable bonds is 1. The monoisotopic (exact) mass is 285 g/mol. The van der Waals surface area contributed by atoms with E-state index in [9.17, 15) is 13.2 Å². The summed E-state index contributed by atoms with van der Waals surface area (Å²) in [7, 11) is 0. The Kier molecular flexibility index (Phi) is 2.45. The molecule has 0 bridgehead atoms. The lowest BCUT2D eigenvalue weighted by Gasteiger charge is -2.06. The van der Waals surface area contributed by atoms with Crippen LogP contribution in [0.25, 0.3) is 17.2 Å². The second-order valence-electron chi connectivity index (χ2n) is 3.74. The van der Waals surface area contributed by atoms with Crippen LogP contribution in [0.2, 0.25) is 0 Å². The molecule has 0 amide bonds. The molecule has 3 aromatic rings. The van der Waals surface area contributed by atoms with Crippen molar-refractivity contribution in [1.82, 2.24) is 19.6 Å². The van der Waals surface area contributed by atoms with E-state index in [2.05, 4.69) is 15.2 Å². The molecule has 2 N–H and O–H groups in total. The highest BCUT2D eigenvalue weighted by atomic mass is 32.1. The van der Waals surface area contributed by atoms with Gasteiger partial charge >= 0.3 is 6.18 Å². The van der Waals surface area contributed by atoms with E-state index in [0.29, 0.717) is 16.5 Å². The van der Waals surface area contributed by atoms with Gasteiger partial charge in [0.25, 0.3) is 0 Å². The highest BCUT2D eigenvalue weighted by molar-refractivity contribution is 7.13. The number of alkyl halides is 3. The third-order valence-electron chi connectivity index (χ3n) is 2.48. The number of nitrogens with two attached hydrogens (primary N) is 1. The summed E-state index contributed by atoms with van der Waals surface area (Å²) in [6, 6.07) is 2.22. The van der Waals surface area contributed by atoms with Crippen LogP contribution >= 0.6 is 11.3 Å². The van der Waals surface area contributed by atoms with Gasteiger partial charge in [-0.1, -0.05) is 0 Å². The van der Waals surface area contributed by atoms with Crippen molar-refractivity contribution >= 4 is 22.1 Å². The molecular weight excluding hydrogens is 279 g/mol. The third-order valence-corrected chi connectivity index (χ3v) is 3.15. The molecule has 5 nitrogen and oxygen atoms in total. The molecule has 0 radical (unpaired) electrons. The van der Waals surface area contributed by atoms with Crippen LogP contribution in [0.15, 0.2) is 23.7 Å². The van der Waals surface area contributed by atoms with Gasteiger partial charge in [-0.05, 0) is 12.1 Å². The molecule has 0 spiro atoms. The van der Waals surface area contributed by atoms with Crippen molar-refractivity contribution < 1.29 is 13.2 Å². The number of nitrogen functional groups attached to an aromatic ring is 1. The first-order valence-electron chi connectivity index (χ1n) is 5.08. The van der Waals surface area contributed by atoms with E-state index in [1.54, 1.807) is 5.38 Å². The van der Waals surface area contributed by atoms with Crippen molar-refractivity contribution in [2.45, 2.75) is 6.18 Å². The summed E-state index contributed by atoms with van der Waals surface area (Å²) >= 11 is 1.18. The molecule has 3 rings (SSSR count). The summed E-state index contributed by atoms with van der Waals surface area (Å²) in [5, 5.41) is 9.57. The van der Waals surface area contributed by atoms with Crippen molar-refractivity contribution in [2.24, 2.45) is 0 Å². The van der Waals surface area contributed by atoms with E-state index in [1.807, 2.05) is 0 Å². The van der Waals surface area contributed by atoms with E-state index in [-0.39, 0.29) is 5.82 Å². The van der Waals surface area contributed by atoms with Gasteiger partial charge in [0.2, 0.25) is 0 Å². The lowest BCUT2D eigenvalue weighted by molar-refractivity contribution is -0.137. The van der Waals surface area contributed by atoms with Gasteiger partial charge in [-0.3, -0.25) is 4.40 Å². The molecule has 0 aliphatic carbocycles. The largest absolute Gasteiger partial charge is 0.417 e. The number of hydrogen-bond donors (Lipinski definition) is 1. The van der Waals surface area contributed by atoms with E-state index in [4.69, 9.17) is 5.73 Å². The minimum absolute atomic E-state index is 0.231. The zero-order valence-corrected chi connectivity index (χ0v) is 10.0. The molecule has 0 saturated carbocycles. The molecule has 98 valence electrons. The van der Waals surface area contributed by atoms with Gasteiger partial charge in [-0.15, -0.1) is 21.5 Å². The molecule has 0 atom stereocenters. The Morgan fingerprint density at radius 2 is 2.00 bits per heavy atom. The van der Waals surface area contributed by atoms with Crippen LogP contribution in [0.4, 0.5) is 18.3 Å². The van der Waals surface area contributed by atoms with Gasteiger partial charge < -0.3 is 5.73 Å². The summed E-state index contributed by atoms with van der Waals surface area (Å²) in [4.78, 5) is 3.99. The highest BCUT2D eigenvalue weighted by Crippen LogP contribution is 2.30. The lowest BCUT2D eigenvalue weighted by Crippen LogP contribution is -2.06. The first-order valence-corrected chi connectivity index (χ1v) is 5.96. The van der Waals surface area contributed by atoms with Crippen LogP contribution in [-0.4, -0.2) is 19.6 Å². The molecule has 0 saturated heterocycles. The third kappa shape index (κ3) is 2.01. The second kappa shape index (κ2) is 3.92. The Balaban J connectivity index is 2.21. The number of halogens is 3. The van der Waals surface area contributed by atoms with E-state index < -0.39 is 11.7 Å². The first kappa shape index (κ1) is 11.9. The molecule has 0 aromatic carbocycles. The van der Waals surface area contributed by atoms with E-state index >= 15 is 0 Å². The molecule has 0 unspecified atom stereocenters. The quantitative estimate of drug-likeness (QED) is 0.745. The minimum atomic E-state index is -4.42. The zero-order valence-electron chi connectivity index (χ0n) is 9.22. The molecule has 19 heavy (non-hydrogen) atoms. The fraction of sp³-hybridized carbons (Fsp3) is 0.100. The Morgan fingerprint density at radius 3 is 2.63 bits per heavy atom. The summed E-state index contributed by atoms with van der Waals surface area (Å²) in [6.07, 6.45) is -3.48. The summed E-state index contributed by atoms with van der Waals surface area (Å²) < 4.78 is 39.3.